The smallest absolute Gasteiger partial charge is 0.269 e. The number of benzene rings is 2. The molecule has 0 saturated heterocycles. The van der Waals surface area contributed by atoms with E-state index in [9.17, 15) is 22.4 Å². The maximum Gasteiger partial charge on any atom is 0.269 e. The molecular formula is C20H21FN2O4S. The maximum absolute atomic E-state index is 13.4. The molecule has 0 bridgehead atoms. The summed E-state index contributed by atoms with van der Waals surface area (Å²) in [5.41, 5.74) is 0.863. The molecule has 1 aliphatic rings. The van der Waals surface area contributed by atoms with Crippen molar-refractivity contribution >= 4 is 21.8 Å². The Morgan fingerprint density at radius 3 is 2.50 bits per heavy atom. The van der Waals surface area contributed by atoms with Crippen LogP contribution < -0.4 is 0 Å². The van der Waals surface area contributed by atoms with Crippen LogP contribution in [-0.4, -0.2) is 42.0 Å². The van der Waals surface area contributed by atoms with Gasteiger partial charge in [0.2, 0.25) is 0 Å². The van der Waals surface area contributed by atoms with Crippen LogP contribution in [0.25, 0.3) is 0 Å². The van der Waals surface area contributed by atoms with Crippen molar-refractivity contribution in [3.05, 3.63) is 65.0 Å². The van der Waals surface area contributed by atoms with Gasteiger partial charge >= 0.3 is 0 Å². The average Bonchev–Trinajstić information content (AvgIpc) is 2.84. The number of carbonyl (C=O) groups excluding carboxylic acids is 2. The zero-order chi connectivity index (χ0) is 20.6. The number of halogens is 1. The van der Waals surface area contributed by atoms with Crippen LogP contribution in [0.4, 0.5) is 4.39 Å². The minimum atomic E-state index is -3.98. The molecule has 148 valence electrons. The topological polar surface area (TPSA) is 74.8 Å². The van der Waals surface area contributed by atoms with Crippen molar-refractivity contribution in [2.24, 2.45) is 0 Å². The Morgan fingerprint density at radius 2 is 1.89 bits per heavy atom. The largest absolute Gasteiger partial charge is 0.335 e. The number of fused-ring (bicyclic) bond motifs is 1. The molecule has 2 aromatic rings. The van der Waals surface area contributed by atoms with E-state index in [4.69, 9.17) is 0 Å². The van der Waals surface area contributed by atoms with Crippen LogP contribution in [0.1, 0.15) is 47.1 Å². The minimum Gasteiger partial charge on any atom is -0.335 e. The summed E-state index contributed by atoms with van der Waals surface area (Å²) in [6.07, 6.45) is 0. The zero-order valence-corrected chi connectivity index (χ0v) is 16.7. The van der Waals surface area contributed by atoms with Crippen LogP contribution in [0.3, 0.4) is 0 Å². The normalized spacial score (nSPS) is 15.0. The second-order valence-electron chi connectivity index (χ2n) is 6.86. The van der Waals surface area contributed by atoms with E-state index >= 15 is 0 Å². The van der Waals surface area contributed by atoms with E-state index in [2.05, 4.69) is 0 Å². The van der Waals surface area contributed by atoms with Crippen molar-refractivity contribution in [1.29, 1.82) is 0 Å². The first-order chi connectivity index (χ1) is 13.2. The number of sulfonamides is 1. The van der Waals surface area contributed by atoms with Gasteiger partial charge in [0, 0.05) is 24.7 Å². The molecule has 0 saturated carbocycles. The SMILES string of the molecule is CCN(Cc1cccc(F)c1)C(=O)c1ccc2c(c1)S(=O)(=O)N(C(C)C)C2=O. The van der Waals surface area contributed by atoms with Crippen molar-refractivity contribution in [1.82, 2.24) is 9.21 Å². The maximum atomic E-state index is 13.4. The molecule has 0 spiro atoms. The minimum absolute atomic E-state index is 0.0680. The van der Waals surface area contributed by atoms with Gasteiger partial charge in [0.1, 0.15) is 10.7 Å². The van der Waals surface area contributed by atoms with Crippen molar-refractivity contribution < 1.29 is 22.4 Å². The third-order valence-electron chi connectivity index (χ3n) is 4.60. The highest BCUT2D eigenvalue weighted by Crippen LogP contribution is 2.32. The second-order valence-corrected chi connectivity index (χ2v) is 8.64. The van der Waals surface area contributed by atoms with Crippen LogP contribution >= 0.6 is 0 Å². The van der Waals surface area contributed by atoms with Gasteiger partial charge in [-0.25, -0.2) is 17.1 Å². The predicted molar refractivity (Wildman–Crippen MR) is 102 cm³/mol. The highest BCUT2D eigenvalue weighted by atomic mass is 32.2. The van der Waals surface area contributed by atoms with Gasteiger partial charge < -0.3 is 4.90 Å². The first kappa shape index (κ1) is 20.0. The lowest BCUT2D eigenvalue weighted by atomic mass is 10.1. The van der Waals surface area contributed by atoms with E-state index in [1.54, 1.807) is 32.9 Å². The molecule has 0 aromatic heterocycles. The van der Waals surface area contributed by atoms with E-state index in [1.165, 1.54) is 35.2 Å². The fourth-order valence-corrected chi connectivity index (χ4v) is 5.05. The van der Waals surface area contributed by atoms with Crippen LogP contribution in [0.2, 0.25) is 0 Å². The summed E-state index contributed by atoms with van der Waals surface area (Å²) >= 11 is 0. The summed E-state index contributed by atoms with van der Waals surface area (Å²) in [7, 11) is -3.98. The molecule has 0 aliphatic carbocycles. The van der Waals surface area contributed by atoms with Crippen LogP contribution in [0.15, 0.2) is 47.4 Å². The first-order valence-electron chi connectivity index (χ1n) is 8.93. The van der Waals surface area contributed by atoms with Crippen molar-refractivity contribution in [3.63, 3.8) is 0 Å². The predicted octanol–water partition coefficient (Wildman–Crippen LogP) is 3.04. The van der Waals surface area contributed by atoms with Crippen molar-refractivity contribution in [2.75, 3.05) is 6.54 Å². The number of rotatable bonds is 5. The molecule has 0 fully saturated rings. The van der Waals surface area contributed by atoms with Gasteiger partial charge in [0.05, 0.1) is 5.56 Å². The third kappa shape index (κ3) is 3.40. The molecule has 1 aliphatic heterocycles. The van der Waals surface area contributed by atoms with Gasteiger partial charge in [-0.1, -0.05) is 12.1 Å². The molecule has 28 heavy (non-hydrogen) atoms. The lowest BCUT2D eigenvalue weighted by Crippen LogP contribution is -2.36. The summed E-state index contributed by atoms with van der Waals surface area (Å²) in [6.45, 7) is 5.56. The fraction of sp³-hybridized carbons (Fsp3) is 0.300. The lowest BCUT2D eigenvalue weighted by molar-refractivity contribution is 0.0750. The zero-order valence-electron chi connectivity index (χ0n) is 15.8. The highest BCUT2D eigenvalue weighted by Gasteiger charge is 2.43. The Bertz CT molecular complexity index is 1050. The monoisotopic (exact) mass is 404 g/mol. The van der Waals surface area contributed by atoms with E-state index in [1.807, 2.05) is 0 Å². The first-order valence-corrected chi connectivity index (χ1v) is 10.4. The molecule has 6 nitrogen and oxygen atoms in total. The fourth-order valence-electron chi connectivity index (χ4n) is 3.26. The van der Waals surface area contributed by atoms with E-state index in [-0.39, 0.29) is 28.5 Å². The Kier molecular flexibility index (Phi) is 5.25. The molecule has 1 heterocycles. The number of carbonyl (C=O) groups is 2. The molecular weight excluding hydrogens is 383 g/mol. The van der Waals surface area contributed by atoms with Gasteiger partial charge in [-0.2, -0.15) is 0 Å². The summed E-state index contributed by atoms with van der Waals surface area (Å²) in [5, 5.41) is 0. The summed E-state index contributed by atoms with van der Waals surface area (Å²) in [6, 6.07) is 9.51. The van der Waals surface area contributed by atoms with Gasteiger partial charge in [-0.05, 0) is 56.7 Å². The van der Waals surface area contributed by atoms with E-state index < -0.39 is 27.8 Å². The van der Waals surface area contributed by atoms with Gasteiger partial charge in [0.15, 0.2) is 0 Å². The number of hydrogen-bond acceptors (Lipinski definition) is 4. The Labute approximate surface area is 163 Å². The quantitative estimate of drug-likeness (QED) is 0.768. The van der Waals surface area contributed by atoms with E-state index in [0.29, 0.717) is 12.1 Å². The van der Waals surface area contributed by atoms with E-state index in [0.717, 1.165) is 4.31 Å². The molecule has 0 atom stereocenters. The summed E-state index contributed by atoms with van der Waals surface area (Å²) in [5.74, 6) is -1.37. The van der Waals surface area contributed by atoms with Crippen LogP contribution in [0.5, 0.6) is 0 Å². The summed E-state index contributed by atoms with van der Waals surface area (Å²) in [4.78, 5) is 26.7. The lowest BCUT2D eigenvalue weighted by Gasteiger charge is -2.21. The number of amides is 2. The van der Waals surface area contributed by atoms with Gasteiger partial charge in [0.25, 0.3) is 21.8 Å². The van der Waals surface area contributed by atoms with Crippen LogP contribution in [-0.2, 0) is 16.6 Å². The molecule has 3 rings (SSSR count). The molecule has 2 aromatic carbocycles. The Hall–Kier alpha value is -2.74. The average molecular weight is 404 g/mol. The summed E-state index contributed by atoms with van der Waals surface area (Å²) < 4.78 is 39.7. The number of hydrogen-bond donors (Lipinski definition) is 0. The third-order valence-corrected chi connectivity index (χ3v) is 6.60. The molecule has 8 heteroatoms. The Morgan fingerprint density at radius 1 is 1.18 bits per heavy atom. The van der Waals surface area contributed by atoms with Gasteiger partial charge in [-0.15, -0.1) is 0 Å². The molecule has 0 N–H and O–H groups in total. The van der Waals surface area contributed by atoms with Crippen molar-refractivity contribution in [2.45, 2.75) is 38.3 Å². The molecule has 0 radical (unpaired) electrons. The highest BCUT2D eigenvalue weighted by molar-refractivity contribution is 7.90. The Balaban J connectivity index is 1.94. The number of nitrogens with zero attached hydrogens (tertiary/aromatic N) is 2. The van der Waals surface area contributed by atoms with Crippen molar-refractivity contribution in [3.8, 4) is 0 Å². The van der Waals surface area contributed by atoms with Crippen LogP contribution in [0, 0.1) is 5.82 Å². The standard InChI is InChI=1S/C20H21FN2O4S/c1-4-22(12-14-6-5-7-16(21)10-14)19(24)15-8-9-17-18(11-15)28(26,27)23(13(2)3)20(17)25/h5-11,13H,4,12H2,1-3H3. The molecule has 2 amide bonds. The van der Waals surface area contributed by atoms with Gasteiger partial charge in [-0.3, -0.25) is 9.59 Å². The molecule has 0 unspecified atom stereocenters. The second kappa shape index (κ2) is 7.35.